The first-order valence-corrected chi connectivity index (χ1v) is 14.5. The summed E-state index contributed by atoms with van der Waals surface area (Å²) in [5.74, 6) is -3.80. The second kappa shape index (κ2) is 10.4. The standard InChI is InChI=1S/C28H18BrF2N3O4S2/c29-15-3-1-2-14(12-15)21-22-23(26(37)34(25(22)36)19-10-6-17(31)7-11-19)39-27-24(21)40-28(38)33(27)13-20(35)32-18-8-4-16(30)5-9-18/h1-12,21-23H,13H2,(H,32,35). The molecule has 1 fully saturated rings. The molecule has 40 heavy (non-hydrogen) atoms. The molecule has 202 valence electrons. The third-order valence-corrected chi connectivity index (χ3v) is 9.87. The summed E-state index contributed by atoms with van der Waals surface area (Å²) in [7, 11) is 0. The zero-order chi connectivity index (χ0) is 28.1. The predicted molar refractivity (Wildman–Crippen MR) is 152 cm³/mol. The van der Waals surface area contributed by atoms with Gasteiger partial charge in [-0.05, 0) is 66.2 Å². The van der Waals surface area contributed by atoms with E-state index in [1.807, 2.05) is 24.3 Å². The number of thiazole rings is 1. The zero-order valence-corrected chi connectivity index (χ0v) is 23.6. The summed E-state index contributed by atoms with van der Waals surface area (Å²) < 4.78 is 28.9. The molecule has 1 aromatic heterocycles. The number of thioether (sulfide) groups is 1. The number of fused-ring (bicyclic) bond motifs is 2. The van der Waals surface area contributed by atoms with E-state index in [2.05, 4.69) is 21.2 Å². The van der Waals surface area contributed by atoms with Crippen LogP contribution >= 0.6 is 39.0 Å². The molecule has 2 aliphatic rings. The predicted octanol–water partition coefficient (Wildman–Crippen LogP) is 5.39. The molecule has 4 aromatic rings. The molecular formula is C28H18BrF2N3O4S2. The number of hydrogen-bond acceptors (Lipinski definition) is 6. The Morgan fingerprint density at radius 2 is 1.60 bits per heavy atom. The number of amides is 3. The van der Waals surface area contributed by atoms with Crippen LogP contribution in [0.4, 0.5) is 20.2 Å². The topological polar surface area (TPSA) is 88.5 Å². The molecule has 3 unspecified atom stereocenters. The van der Waals surface area contributed by atoms with E-state index in [-0.39, 0.29) is 12.2 Å². The number of halogens is 3. The van der Waals surface area contributed by atoms with Gasteiger partial charge in [-0.25, -0.2) is 13.7 Å². The maximum atomic E-state index is 13.8. The van der Waals surface area contributed by atoms with Crippen LogP contribution in [0.5, 0.6) is 0 Å². The summed E-state index contributed by atoms with van der Waals surface area (Å²) in [4.78, 5) is 54.8. The highest BCUT2D eigenvalue weighted by Gasteiger charge is 2.56. The lowest BCUT2D eigenvalue weighted by molar-refractivity contribution is -0.122. The second-order valence-corrected chi connectivity index (χ2v) is 12.3. The fourth-order valence-corrected chi connectivity index (χ4v) is 8.23. The van der Waals surface area contributed by atoms with Crippen molar-refractivity contribution in [3.63, 3.8) is 0 Å². The molecule has 6 rings (SSSR count). The Hall–Kier alpha value is -3.61. The maximum absolute atomic E-state index is 13.8. The molecule has 3 atom stereocenters. The maximum Gasteiger partial charge on any atom is 0.308 e. The minimum Gasteiger partial charge on any atom is -0.325 e. The van der Waals surface area contributed by atoms with Crippen LogP contribution in [0.2, 0.25) is 0 Å². The van der Waals surface area contributed by atoms with Crippen molar-refractivity contribution < 1.29 is 23.2 Å². The third kappa shape index (κ3) is 4.69. The van der Waals surface area contributed by atoms with E-state index in [0.29, 0.717) is 15.6 Å². The Morgan fingerprint density at radius 3 is 2.27 bits per heavy atom. The highest BCUT2D eigenvalue weighted by atomic mass is 79.9. The summed E-state index contributed by atoms with van der Waals surface area (Å²) in [6.07, 6.45) is 0. The molecule has 0 radical (unpaired) electrons. The molecule has 7 nitrogen and oxygen atoms in total. The van der Waals surface area contributed by atoms with Crippen molar-refractivity contribution in [1.29, 1.82) is 0 Å². The van der Waals surface area contributed by atoms with Crippen LogP contribution in [0.3, 0.4) is 0 Å². The van der Waals surface area contributed by atoms with E-state index in [1.165, 1.54) is 53.1 Å². The van der Waals surface area contributed by atoms with Gasteiger partial charge in [0.15, 0.2) is 0 Å². The first-order valence-electron chi connectivity index (χ1n) is 12.1. The first-order chi connectivity index (χ1) is 19.2. The van der Waals surface area contributed by atoms with E-state index in [9.17, 15) is 28.0 Å². The summed E-state index contributed by atoms with van der Waals surface area (Å²) in [5, 5.41) is 2.23. The molecule has 0 bridgehead atoms. The van der Waals surface area contributed by atoms with E-state index < -0.39 is 51.3 Å². The molecule has 3 amide bonds. The van der Waals surface area contributed by atoms with Crippen molar-refractivity contribution in [3.05, 3.63) is 109 Å². The number of nitrogens with zero attached hydrogens (tertiary/aromatic N) is 2. The van der Waals surface area contributed by atoms with Gasteiger partial charge in [-0.3, -0.25) is 23.7 Å². The minimum atomic E-state index is -0.866. The van der Waals surface area contributed by atoms with Gasteiger partial charge >= 0.3 is 4.87 Å². The van der Waals surface area contributed by atoms with E-state index >= 15 is 0 Å². The van der Waals surface area contributed by atoms with Gasteiger partial charge in [0.25, 0.3) is 0 Å². The molecular weight excluding hydrogens is 624 g/mol. The molecule has 0 spiro atoms. The third-order valence-electron chi connectivity index (χ3n) is 6.77. The zero-order valence-electron chi connectivity index (χ0n) is 20.3. The Labute approximate surface area is 242 Å². The number of benzene rings is 3. The van der Waals surface area contributed by atoms with Crippen molar-refractivity contribution in [1.82, 2.24) is 4.57 Å². The summed E-state index contributed by atoms with van der Waals surface area (Å²) in [6, 6.07) is 17.7. The van der Waals surface area contributed by atoms with Crippen LogP contribution in [0.15, 0.2) is 87.1 Å². The minimum absolute atomic E-state index is 0.263. The van der Waals surface area contributed by atoms with Gasteiger partial charge in [0.05, 0.1) is 16.6 Å². The fraction of sp³-hybridized carbons (Fsp3) is 0.143. The van der Waals surface area contributed by atoms with Gasteiger partial charge in [0, 0.05) is 21.0 Å². The van der Waals surface area contributed by atoms with E-state index in [0.717, 1.165) is 38.0 Å². The molecule has 3 heterocycles. The number of hydrogen-bond donors (Lipinski definition) is 1. The largest absolute Gasteiger partial charge is 0.325 e. The van der Waals surface area contributed by atoms with Gasteiger partial charge in [0.2, 0.25) is 17.7 Å². The van der Waals surface area contributed by atoms with Crippen molar-refractivity contribution >= 4 is 68.1 Å². The van der Waals surface area contributed by atoms with Gasteiger partial charge < -0.3 is 5.32 Å². The van der Waals surface area contributed by atoms with E-state index in [1.54, 1.807) is 0 Å². The van der Waals surface area contributed by atoms with Crippen molar-refractivity contribution in [3.8, 4) is 0 Å². The van der Waals surface area contributed by atoms with Crippen molar-refractivity contribution in [2.24, 2.45) is 5.92 Å². The van der Waals surface area contributed by atoms with Crippen LogP contribution in [-0.2, 0) is 20.9 Å². The summed E-state index contributed by atoms with van der Waals surface area (Å²) in [6.45, 7) is -0.332. The molecule has 2 aliphatic heterocycles. The number of carbonyl (C=O) groups excluding carboxylic acids is 3. The molecule has 1 N–H and O–H groups in total. The van der Waals surface area contributed by atoms with E-state index in [4.69, 9.17) is 0 Å². The molecule has 0 saturated carbocycles. The Balaban J connectivity index is 1.41. The van der Waals surface area contributed by atoms with Crippen molar-refractivity contribution in [2.45, 2.75) is 22.7 Å². The molecule has 3 aromatic carbocycles. The highest BCUT2D eigenvalue weighted by molar-refractivity contribution is 9.10. The van der Waals surface area contributed by atoms with Crippen LogP contribution in [-0.4, -0.2) is 27.5 Å². The Morgan fingerprint density at radius 1 is 0.925 bits per heavy atom. The SMILES string of the molecule is O=C(Cn1c2c(sc1=O)C(c1cccc(Br)c1)C1C(=O)N(c3ccc(F)cc3)C(=O)C1S2)Nc1ccc(F)cc1. The average Bonchev–Trinajstić information content (AvgIpc) is 3.36. The van der Waals surface area contributed by atoms with Crippen molar-refractivity contribution in [2.75, 3.05) is 10.2 Å². The number of rotatable bonds is 5. The van der Waals surface area contributed by atoms with Gasteiger partial charge in [-0.15, -0.1) is 0 Å². The normalized spacial score (nSPS) is 19.9. The van der Waals surface area contributed by atoms with Gasteiger partial charge in [-0.1, -0.05) is 51.2 Å². The number of carbonyl (C=O) groups is 3. The van der Waals surface area contributed by atoms with Gasteiger partial charge in [0.1, 0.15) is 23.4 Å². The number of aromatic nitrogens is 1. The monoisotopic (exact) mass is 641 g/mol. The smallest absolute Gasteiger partial charge is 0.308 e. The second-order valence-electron chi connectivity index (χ2n) is 9.26. The summed E-state index contributed by atoms with van der Waals surface area (Å²) in [5.41, 5.74) is 1.37. The summed E-state index contributed by atoms with van der Waals surface area (Å²) >= 11 is 5.49. The molecule has 0 aliphatic carbocycles. The van der Waals surface area contributed by atoms with Gasteiger partial charge in [-0.2, -0.15) is 0 Å². The van der Waals surface area contributed by atoms with Crippen LogP contribution in [0.25, 0.3) is 0 Å². The quantitative estimate of drug-likeness (QED) is 0.296. The lowest BCUT2D eigenvalue weighted by atomic mass is 9.83. The lowest BCUT2D eigenvalue weighted by Crippen LogP contribution is -2.33. The van der Waals surface area contributed by atoms with Crippen LogP contribution < -0.4 is 15.1 Å². The number of anilines is 2. The Kier molecular flexibility index (Phi) is 6.93. The molecule has 1 saturated heterocycles. The first kappa shape index (κ1) is 26.6. The number of nitrogens with one attached hydrogen (secondary N) is 1. The molecule has 12 heteroatoms. The van der Waals surface area contributed by atoms with Crippen LogP contribution in [0.1, 0.15) is 16.4 Å². The average molecular weight is 643 g/mol. The van der Waals surface area contributed by atoms with Crippen LogP contribution in [0, 0.1) is 17.6 Å². The number of imide groups is 1. The fourth-order valence-electron chi connectivity index (χ4n) is 5.04. The Bertz CT molecular complexity index is 1720. The highest BCUT2D eigenvalue weighted by Crippen LogP contribution is 2.54. The lowest BCUT2D eigenvalue weighted by Gasteiger charge is -2.30.